The summed E-state index contributed by atoms with van der Waals surface area (Å²) in [5.41, 5.74) is 3.52. The number of hydrogen-bond acceptors (Lipinski definition) is 6. The summed E-state index contributed by atoms with van der Waals surface area (Å²) in [6, 6.07) is 15.5. The molecule has 202 valence electrons. The molecule has 2 aromatic carbocycles. The number of benzene rings is 2. The second kappa shape index (κ2) is 12.0. The predicted molar refractivity (Wildman–Crippen MR) is 144 cm³/mol. The van der Waals surface area contributed by atoms with Crippen LogP contribution in [0.15, 0.2) is 59.5 Å². The minimum atomic E-state index is -3.68. The van der Waals surface area contributed by atoms with E-state index >= 15 is 0 Å². The summed E-state index contributed by atoms with van der Waals surface area (Å²) in [5.74, 6) is -0.235. The van der Waals surface area contributed by atoms with Crippen LogP contribution >= 0.6 is 0 Å². The van der Waals surface area contributed by atoms with Crippen molar-refractivity contribution in [2.45, 2.75) is 51.0 Å². The van der Waals surface area contributed by atoms with Gasteiger partial charge < -0.3 is 14.0 Å². The van der Waals surface area contributed by atoms with Gasteiger partial charge in [0.25, 0.3) is 0 Å². The number of hydrogen-bond donors (Lipinski definition) is 0. The van der Waals surface area contributed by atoms with E-state index in [2.05, 4.69) is 4.57 Å². The molecule has 0 amide bonds. The van der Waals surface area contributed by atoms with Crippen LogP contribution < -0.4 is 4.74 Å². The fraction of sp³-hybridized carbons (Fsp3) is 0.379. The van der Waals surface area contributed by atoms with E-state index in [9.17, 15) is 18.0 Å². The van der Waals surface area contributed by atoms with E-state index in [0.29, 0.717) is 25.2 Å². The number of ether oxygens (including phenoxy) is 2. The molecule has 0 unspecified atom stereocenters. The van der Waals surface area contributed by atoms with E-state index in [1.807, 2.05) is 44.2 Å². The van der Waals surface area contributed by atoms with E-state index in [-0.39, 0.29) is 16.2 Å². The summed E-state index contributed by atoms with van der Waals surface area (Å²) >= 11 is 0. The van der Waals surface area contributed by atoms with Crippen LogP contribution in [0.5, 0.6) is 5.75 Å². The van der Waals surface area contributed by atoms with Crippen LogP contribution in [0.25, 0.3) is 0 Å². The number of rotatable bonds is 10. The quantitative estimate of drug-likeness (QED) is 0.277. The van der Waals surface area contributed by atoms with Gasteiger partial charge in [0.2, 0.25) is 15.8 Å². The highest BCUT2D eigenvalue weighted by molar-refractivity contribution is 7.89. The van der Waals surface area contributed by atoms with Crippen LogP contribution in [0, 0.1) is 13.8 Å². The van der Waals surface area contributed by atoms with E-state index in [1.165, 1.54) is 28.6 Å². The molecular formula is C29H34N2O6S. The van der Waals surface area contributed by atoms with Crippen molar-refractivity contribution in [2.75, 3.05) is 26.8 Å². The molecule has 1 aliphatic heterocycles. The highest BCUT2D eigenvalue weighted by Gasteiger charge is 2.27. The van der Waals surface area contributed by atoms with Crippen molar-refractivity contribution in [3.05, 3.63) is 82.7 Å². The van der Waals surface area contributed by atoms with Crippen molar-refractivity contribution in [2.24, 2.45) is 0 Å². The molecule has 4 rings (SSSR count). The van der Waals surface area contributed by atoms with Gasteiger partial charge in [0, 0.05) is 36.6 Å². The lowest BCUT2D eigenvalue weighted by atomic mass is 10.1. The van der Waals surface area contributed by atoms with Gasteiger partial charge in [-0.15, -0.1) is 0 Å². The summed E-state index contributed by atoms with van der Waals surface area (Å²) in [4.78, 5) is 25.7. The Labute approximate surface area is 224 Å². The van der Waals surface area contributed by atoms with Crippen LogP contribution in [0.2, 0.25) is 0 Å². The Kier molecular flexibility index (Phi) is 8.69. The molecule has 0 atom stereocenters. The first-order valence-corrected chi connectivity index (χ1v) is 14.2. The van der Waals surface area contributed by atoms with Gasteiger partial charge >= 0.3 is 5.97 Å². The average Bonchev–Trinajstić information content (AvgIpc) is 3.23. The zero-order chi connectivity index (χ0) is 27.3. The zero-order valence-corrected chi connectivity index (χ0v) is 22.9. The van der Waals surface area contributed by atoms with Crippen molar-refractivity contribution in [3.8, 4) is 5.75 Å². The van der Waals surface area contributed by atoms with Crippen molar-refractivity contribution < 1.29 is 27.5 Å². The number of piperidine rings is 1. The molecule has 0 saturated carbocycles. The molecule has 0 aliphatic carbocycles. The Morgan fingerprint density at radius 2 is 1.66 bits per heavy atom. The SMILES string of the molecule is COc1ccc(CCn2c(C)cc(C(=O)COC(=O)c3cccc(S(=O)(=O)N4CCCCC4)c3)c2C)cc1. The minimum absolute atomic E-state index is 0.0561. The Morgan fingerprint density at radius 3 is 2.34 bits per heavy atom. The van der Waals surface area contributed by atoms with Gasteiger partial charge in [-0.1, -0.05) is 24.6 Å². The Morgan fingerprint density at radius 1 is 0.947 bits per heavy atom. The van der Waals surface area contributed by atoms with E-state index in [1.54, 1.807) is 7.11 Å². The molecule has 1 aliphatic rings. The van der Waals surface area contributed by atoms with Gasteiger partial charge in [-0.2, -0.15) is 4.31 Å². The molecule has 8 nitrogen and oxygen atoms in total. The lowest BCUT2D eigenvalue weighted by Gasteiger charge is -2.25. The summed E-state index contributed by atoms with van der Waals surface area (Å²) < 4.78 is 40.0. The largest absolute Gasteiger partial charge is 0.497 e. The zero-order valence-electron chi connectivity index (χ0n) is 22.1. The maximum absolute atomic E-state index is 13.0. The maximum atomic E-state index is 13.0. The standard InChI is InChI=1S/C29H34N2O6S/c1-21-18-27(22(2)31(21)17-14-23-10-12-25(36-3)13-11-23)28(32)20-37-29(33)24-8-7-9-26(19-24)38(34,35)30-15-5-4-6-16-30/h7-13,18-19H,4-6,14-17,20H2,1-3H3. The number of methoxy groups -OCH3 is 1. The normalized spacial score (nSPS) is 14.3. The second-order valence-electron chi connectivity index (χ2n) is 9.53. The first kappa shape index (κ1) is 27.6. The number of Topliss-reactive ketones (excluding diaryl/α,β-unsaturated/α-hetero) is 1. The number of aryl methyl sites for hydroxylation is 2. The van der Waals surface area contributed by atoms with Crippen LogP contribution in [0.3, 0.4) is 0 Å². The fourth-order valence-electron chi connectivity index (χ4n) is 4.79. The predicted octanol–water partition coefficient (Wildman–Crippen LogP) is 4.57. The molecule has 0 radical (unpaired) electrons. The fourth-order valence-corrected chi connectivity index (χ4v) is 6.35. The molecule has 3 aromatic rings. The third-order valence-corrected chi connectivity index (χ3v) is 8.91. The number of aromatic nitrogens is 1. The Balaban J connectivity index is 1.39. The third kappa shape index (κ3) is 6.16. The monoisotopic (exact) mass is 538 g/mol. The van der Waals surface area contributed by atoms with E-state index < -0.39 is 22.6 Å². The van der Waals surface area contributed by atoms with Gasteiger partial charge in [-0.3, -0.25) is 4.79 Å². The van der Waals surface area contributed by atoms with Crippen LogP contribution in [-0.2, 0) is 27.7 Å². The first-order valence-electron chi connectivity index (χ1n) is 12.8. The van der Waals surface area contributed by atoms with Crippen LogP contribution in [0.4, 0.5) is 0 Å². The van der Waals surface area contributed by atoms with Crippen molar-refractivity contribution >= 4 is 21.8 Å². The smallest absolute Gasteiger partial charge is 0.338 e. The summed E-state index contributed by atoms with van der Waals surface area (Å²) in [5, 5.41) is 0. The Hall–Kier alpha value is -3.43. The number of ketones is 1. The van der Waals surface area contributed by atoms with E-state index in [4.69, 9.17) is 9.47 Å². The topological polar surface area (TPSA) is 94.9 Å². The molecule has 38 heavy (non-hydrogen) atoms. The van der Waals surface area contributed by atoms with Gasteiger partial charge in [0.05, 0.1) is 17.6 Å². The van der Waals surface area contributed by atoms with Gasteiger partial charge in [-0.25, -0.2) is 13.2 Å². The van der Waals surface area contributed by atoms with E-state index in [0.717, 1.165) is 48.4 Å². The third-order valence-electron chi connectivity index (χ3n) is 7.01. The summed E-state index contributed by atoms with van der Waals surface area (Å²) in [7, 11) is -2.05. The van der Waals surface area contributed by atoms with Crippen molar-refractivity contribution in [1.29, 1.82) is 0 Å². The number of carbonyl (C=O) groups is 2. The first-order chi connectivity index (χ1) is 18.2. The van der Waals surface area contributed by atoms with Crippen molar-refractivity contribution in [3.63, 3.8) is 0 Å². The number of nitrogens with zero attached hydrogens (tertiary/aromatic N) is 2. The van der Waals surface area contributed by atoms with Crippen LogP contribution in [0.1, 0.15) is 56.9 Å². The van der Waals surface area contributed by atoms with Crippen LogP contribution in [-0.4, -0.2) is 55.8 Å². The number of sulfonamides is 1. The lowest BCUT2D eigenvalue weighted by molar-refractivity contribution is 0.0474. The minimum Gasteiger partial charge on any atom is -0.497 e. The molecule has 1 saturated heterocycles. The molecule has 2 heterocycles. The molecule has 9 heteroatoms. The number of esters is 1. The highest BCUT2D eigenvalue weighted by Crippen LogP contribution is 2.22. The molecular weight excluding hydrogens is 504 g/mol. The molecule has 1 aromatic heterocycles. The average molecular weight is 539 g/mol. The van der Waals surface area contributed by atoms with Gasteiger partial charge in [0.1, 0.15) is 5.75 Å². The highest BCUT2D eigenvalue weighted by atomic mass is 32.2. The maximum Gasteiger partial charge on any atom is 0.338 e. The lowest BCUT2D eigenvalue weighted by Crippen LogP contribution is -2.35. The van der Waals surface area contributed by atoms with Gasteiger partial charge in [0.15, 0.2) is 6.61 Å². The summed E-state index contributed by atoms with van der Waals surface area (Å²) in [6.45, 7) is 5.05. The molecule has 0 N–H and O–H groups in total. The summed E-state index contributed by atoms with van der Waals surface area (Å²) in [6.07, 6.45) is 3.45. The van der Waals surface area contributed by atoms with Crippen molar-refractivity contribution in [1.82, 2.24) is 8.87 Å². The molecule has 0 bridgehead atoms. The second-order valence-corrected chi connectivity index (χ2v) is 11.5. The van der Waals surface area contributed by atoms with Gasteiger partial charge in [-0.05, 0) is 75.1 Å². The Bertz CT molecular complexity index is 1400. The molecule has 0 spiro atoms. The molecule has 1 fully saturated rings. The number of carbonyl (C=O) groups excluding carboxylic acids is 2.